The molecule has 6 nitrogen and oxygen atoms in total. The van der Waals surface area contributed by atoms with Gasteiger partial charge < -0.3 is 4.42 Å². The molecule has 2 aromatic carbocycles. The van der Waals surface area contributed by atoms with E-state index in [9.17, 15) is 9.59 Å². The van der Waals surface area contributed by atoms with E-state index in [2.05, 4.69) is 16.8 Å². The SMILES string of the molecule is CCCCc1ccc(N2C(=O)CC(N3CCC(c4nc5ccccc5o4)CC3)C2=O)cc1. The number of unbranched alkanes of at least 4 members (excludes halogenated alkanes) is 1. The number of piperidine rings is 1. The molecule has 1 unspecified atom stereocenters. The third-order valence-corrected chi connectivity index (χ3v) is 6.77. The molecule has 0 bridgehead atoms. The summed E-state index contributed by atoms with van der Waals surface area (Å²) in [5.74, 6) is 0.820. The average molecular weight is 432 g/mol. The van der Waals surface area contributed by atoms with Gasteiger partial charge in [-0.25, -0.2) is 9.88 Å². The van der Waals surface area contributed by atoms with E-state index in [4.69, 9.17) is 4.42 Å². The summed E-state index contributed by atoms with van der Waals surface area (Å²) in [7, 11) is 0. The smallest absolute Gasteiger partial charge is 0.251 e. The lowest BCUT2D eigenvalue weighted by Crippen LogP contribution is -2.45. The van der Waals surface area contributed by atoms with Gasteiger partial charge in [0.1, 0.15) is 5.52 Å². The van der Waals surface area contributed by atoms with Gasteiger partial charge in [0.2, 0.25) is 5.91 Å². The van der Waals surface area contributed by atoms with Crippen LogP contribution in [0.2, 0.25) is 0 Å². The lowest BCUT2D eigenvalue weighted by molar-refractivity contribution is -0.123. The van der Waals surface area contributed by atoms with E-state index in [1.54, 1.807) is 0 Å². The quantitative estimate of drug-likeness (QED) is 0.530. The number of oxazole rings is 1. The van der Waals surface area contributed by atoms with Crippen molar-refractivity contribution < 1.29 is 14.0 Å². The Morgan fingerprint density at radius 1 is 1.03 bits per heavy atom. The maximum atomic E-state index is 13.2. The Labute approximate surface area is 188 Å². The lowest BCUT2D eigenvalue weighted by atomic mass is 9.95. The summed E-state index contributed by atoms with van der Waals surface area (Å²) >= 11 is 0. The molecule has 2 fully saturated rings. The summed E-state index contributed by atoms with van der Waals surface area (Å²) in [6, 6.07) is 15.3. The topological polar surface area (TPSA) is 66.7 Å². The molecule has 5 rings (SSSR count). The number of imide groups is 1. The van der Waals surface area contributed by atoms with E-state index in [0.29, 0.717) is 5.69 Å². The molecule has 3 heterocycles. The Kier molecular flexibility index (Phi) is 5.79. The average Bonchev–Trinajstić information content (AvgIpc) is 3.39. The van der Waals surface area contributed by atoms with Crippen molar-refractivity contribution in [2.75, 3.05) is 18.0 Å². The zero-order valence-corrected chi connectivity index (χ0v) is 18.5. The number of hydrogen-bond acceptors (Lipinski definition) is 5. The molecule has 1 aromatic heterocycles. The highest BCUT2D eigenvalue weighted by Gasteiger charge is 2.43. The Balaban J connectivity index is 1.23. The first kappa shape index (κ1) is 20.9. The lowest BCUT2D eigenvalue weighted by Gasteiger charge is -2.33. The van der Waals surface area contributed by atoms with E-state index in [-0.39, 0.29) is 30.2 Å². The predicted molar refractivity (Wildman–Crippen MR) is 124 cm³/mol. The maximum absolute atomic E-state index is 13.2. The van der Waals surface area contributed by atoms with E-state index in [1.165, 1.54) is 10.5 Å². The third kappa shape index (κ3) is 3.95. The highest BCUT2D eigenvalue weighted by molar-refractivity contribution is 6.22. The fraction of sp³-hybridized carbons (Fsp3) is 0.423. The largest absolute Gasteiger partial charge is 0.440 e. The number of amides is 2. The second-order valence-electron chi connectivity index (χ2n) is 8.89. The Morgan fingerprint density at radius 3 is 2.50 bits per heavy atom. The number of fused-ring (bicyclic) bond motifs is 1. The fourth-order valence-electron chi connectivity index (χ4n) is 4.89. The molecule has 0 saturated carbocycles. The van der Waals surface area contributed by atoms with Crippen LogP contribution in [0.5, 0.6) is 0 Å². The van der Waals surface area contributed by atoms with E-state index in [1.807, 2.05) is 48.5 Å². The van der Waals surface area contributed by atoms with E-state index in [0.717, 1.165) is 62.2 Å². The van der Waals surface area contributed by atoms with Crippen molar-refractivity contribution in [3.05, 3.63) is 60.0 Å². The number of carbonyl (C=O) groups is 2. The van der Waals surface area contributed by atoms with Gasteiger partial charge in [0.15, 0.2) is 11.5 Å². The van der Waals surface area contributed by atoms with Gasteiger partial charge in [0.25, 0.3) is 5.91 Å². The van der Waals surface area contributed by atoms with Crippen LogP contribution in [0.15, 0.2) is 52.9 Å². The molecule has 0 radical (unpaired) electrons. The fourth-order valence-corrected chi connectivity index (χ4v) is 4.89. The van der Waals surface area contributed by atoms with Crippen LogP contribution in [0.4, 0.5) is 5.69 Å². The molecule has 1 atom stereocenters. The molecule has 32 heavy (non-hydrogen) atoms. The van der Waals surface area contributed by atoms with Crippen molar-refractivity contribution in [1.29, 1.82) is 0 Å². The first-order valence-electron chi connectivity index (χ1n) is 11.7. The zero-order valence-electron chi connectivity index (χ0n) is 18.5. The zero-order chi connectivity index (χ0) is 22.1. The van der Waals surface area contributed by atoms with Crippen LogP contribution < -0.4 is 4.90 Å². The molecule has 2 aliphatic rings. The summed E-state index contributed by atoms with van der Waals surface area (Å²) in [6.45, 7) is 3.69. The number of carbonyl (C=O) groups excluding carboxylic acids is 2. The summed E-state index contributed by atoms with van der Waals surface area (Å²) < 4.78 is 5.96. The number of aryl methyl sites for hydroxylation is 1. The van der Waals surface area contributed by atoms with E-state index >= 15 is 0 Å². The molecular weight excluding hydrogens is 402 g/mol. The first-order chi connectivity index (χ1) is 15.6. The summed E-state index contributed by atoms with van der Waals surface area (Å²) in [4.78, 5) is 34.1. The second kappa shape index (κ2) is 8.87. The number of nitrogens with zero attached hydrogens (tertiary/aromatic N) is 3. The maximum Gasteiger partial charge on any atom is 0.251 e. The molecule has 2 saturated heterocycles. The Bertz CT molecular complexity index is 1080. The molecule has 2 aliphatic heterocycles. The van der Waals surface area contributed by atoms with Crippen LogP contribution in [-0.4, -0.2) is 40.8 Å². The second-order valence-corrected chi connectivity index (χ2v) is 8.89. The number of hydrogen-bond donors (Lipinski definition) is 0. The molecule has 3 aromatic rings. The van der Waals surface area contributed by atoms with Crippen molar-refractivity contribution in [3.8, 4) is 0 Å². The summed E-state index contributed by atoms with van der Waals surface area (Å²) in [5, 5.41) is 0. The predicted octanol–water partition coefficient (Wildman–Crippen LogP) is 4.68. The van der Waals surface area contributed by atoms with Crippen molar-refractivity contribution >= 4 is 28.6 Å². The number of para-hydroxylation sites is 2. The van der Waals surface area contributed by atoms with Crippen molar-refractivity contribution in [2.45, 2.75) is 57.4 Å². The minimum Gasteiger partial charge on any atom is -0.440 e. The summed E-state index contributed by atoms with van der Waals surface area (Å²) in [6.07, 6.45) is 5.31. The molecule has 0 aliphatic carbocycles. The van der Waals surface area contributed by atoms with Gasteiger partial charge >= 0.3 is 0 Å². The molecule has 0 spiro atoms. The van der Waals surface area contributed by atoms with Gasteiger partial charge in [0, 0.05) is 5.92 Å². The Morgan fingerprint density at radius 2 is 1.78 bits per heavy atom. The molecule has 6 heteroatoms. The minimum atomic E-state index is -0.369. The van der Waals surface area contributed by atoms with Crippen molar-refractivity contribution in [2.24, 2.45) is 0 Å². The number of aromatic nitrogens is 1. The van der Waals surface area contributed by atoms with Gasteiger partial charge in [-0.3, -0.25) is 14.5 Å². The highest BCUT2D eigenvalue weighted by atomic mass is 16.3. The monoisotopic (exact) mass is 431 g/mol. The van der Waals surface area contributed by atoms with Crippen LogP contribution in [0.25, 0.3) is 11.1 Å². The van der Waals surface area contributed by atoms with Crippen molar-refractivity contribution in [3.63, 3.8) is 0 Å². The van der Waals surface area contributed by atoms with Crippen molar-refractivity contribution in [1.82, 2.24) is 9.88 Å². The number of benzene rings is 2. The van der Waals surface area contributed by atoms with Gasteiger partial charge in [-0.15, -0.1) is 0 Å². The van der Waals surface area contributed by atoms with Gasteiger partial charge in [0.05, 0.1) is 18.2 Å². The third-order valence-electron chi connectivity index (χ3n) is 6.77. The van der Waals surface area contributed by atoms with E-state index < -0.39 is 0 Å². The first-order valence-corrected chi connectivity index (χ1v) is 11.7. The number of rotatable bonds is 6. The van der Waals surface area contributed by atoms with Crippen LogP contribution in [0.3, 0.4) is 0 Å². The van der Waals surface area contributed by atoms with Gasteiger partial charge in [-0.2, -0.15) is 0 Å². The molecular formula is C26H29N3O3. The van der Waals surface area contributed by atoms with Crippen LogP contribution in [0, 0.1) is 0 Å². The number of likely N-dealkylation sites (tertiary alicyclic amines) is 1. The van der Waals surface area contributed by atoms with Crippen LogP contribution in [-0.2, 0) is 16.0 Å². The molecule has 166 valence electrons. The number of anilines is 1. The standard InChI is InChI=1S/C26H29N3O3/c1-2-3-6-18-9-11-20(12-10-18)29-24(30)17-22(26(29)31)28-15-13-19(14-16-28)25-27-21-7-4-5-8-23(21)32-25/h4-5,7-12,19,22H,2-3,6,13-17H2,1H3. The normalized spacial score (nSPS) is 20.5. The van der Waals surface area contributed by atoms with Crippen LogP contribution >= 0.6 is 0 Å². The van der Waals surface area contributed by atoms with Gasteiger partial charge in [-0.05, 0) is 68.6 Å². The molecule has 0 N–H and O–H groups in total. The Hall–Kier alpha value is -2.99. The van der Waals surface area contributed by atoms with Crippen LogP contribution in [0.1, 0.15) is 56.4 Å². The molecule has 2 amide bonds. The summed E-state index contributed by atoms with van der Waals surface area (Å²) in [5.41, 5.74) is 3.63. The highest BCUT2D eigenvalue weighted by Crippen LogP contribution is 2.33. The minimum absolute atomic E-state index is 0.100. The van der Waals surface area contributed by atoms with Gasteiger partial charge in [-0.1, -0.05) is 37.6 Å².